The highest BCUT2D eigenvalue weighted by atomic mass is 32.2. The van der Waals surface area contributed by atoms with Crippen molar-refractivity contribution in [1.82, 2.24) is 15.3 Å². The first-order chi connectivity index (χ1) is 9.80. The Morgan fingerprint density at radius 2 is 1.86 bits per heavy atom. The number of nitrogens with zero attached hydrogens (tertiary/aromatic N) is 2. The van der Waals surface area contributed by atoms with Gasteiger partial charge in [-0.15, -0.1) is 0 Å². The van der Waals surface area contributed by atoms with E-state index in [1.54, 1.807) is 11.8 Å². The van der Waals surface area contributed by atoms with Gasteiger partial charge in [-0.2, -0.15) is 0 Å². The number of aromatic nitrogens is 2. The Kier molecular flexibility index (Phi) is 6.61. The Morgan fingerprint density at radius 3 is 2.33 bits per heavy atom. The highest BCUT2D eigenvalue weighted by Crippen LogP contribution is 2.21. The van der Waals surface area contributed by atoms with E-state index in [0.717, 1.165) is 40.8 Å². The van der Waals surface area contributed by atoms with Gasteiger partial charge in [0.05, 0.1) is 5.54 Å². The summed E-state index contributed by atoms with van der Waals surface area (Å²) in [5.74, 6) is 0.437. The fourth-order valence-electron chi connectivity index (χ4n) is 1.85. The zero-order chi connectivity index (χ0) is 16.0. The van der Waals surface area contributed by atoms with Gasteiger partial charge in [0.15, 0.2) is 5.16 Å². The summed E-state index contributed by atoms with van der Waals surface area (Å²) in [6.07, 6.45) is 1.62. The molecule has 1 unspecified atom stereocenters. The molecular formula is C15H26N4OS. The maximum absolute atomic E-state index is 11.6. The molecule has 0 aliphatic rings. The van der Waals surface area contributed by atoms with E-state index in [0.29, 0.717) is 6.42 Å². The molecule has 21 heavy (non-hydrogen) atoms. The van der Waals surface area contributed by atoms with E-state index in [2.05, 4.69) is 22.2 Å². The first-order valence-electron chi connectivity index (χ1n) is 7.29. The van der Waals surface area contributed by atoms with Gasteiger partial charge >= 0.3 is 0 Å². The highest BCUT2D eigenvalue weighted by molar-refractivity contribution is 7.99. The third-order valence-electron chi connectivity index (χ3n) is 3.75. The van der Waals surface area contributed by atoms with Crippen molar-refractivity contribution in [2.24, 2.45) is 5.73 Å². The summed E-state index contributed by atoms with van der Waals surface area (Å²) < 4.78 is 0. The average molecular weight is 310 g/mol. The number of carbonyl (C=O) groups is 1. The van der Waals surface area contributed by atoms with E-state index < -0.39 is 5.54 Å². The van der Waals surface area contributed by atoms with E-state index in [9.17, 15) is 4.79 Å². The molecule has 1 atom stereocenters. The van der Waals surface area contributed by atoms with Gasteiger partial charge in [-0.1, -0.05) is 18.7 Å². The van der Waals surface area contributed by atoms with Crippen molar-refractivity contribution < 1.29 is 4.79 Å². The predicted molar refractivity (Wildman–Crippen MR) is 87.5 cm³/mol. The molecule has 0 aliphatic heterocycles. The van der Waals surface area contributed by atoms with Gasteiger partial charge in [0, 0.05) is 17.1 Å². The molecule has 1 aromatic rings. The highest BCUT2D eigenvalue weighted by Gasteiger charge is 2.29. The summed E-state index contributed by atoms with van der Waals surface area (Å²) in [4.78, 5) is 20.6. The van der Waals surface area contributed by atoms with Gasteiger partial charge in [-0.05, 0) is 52.6 Å². The largest absolute Gasteiger partial charge is 0.368 e. The van der Waals surface area contributed by atoms with Crippen LogP contribution in [-0.2, 0) is 4.79 Å². The van der Waals surface area contributed by atoms with Crippen molar-refractivity contribution in [3.8, 4) is 0 Å². The van der Waals surface area contributed by atoms with Crippen molar-refractivity contribution in [2.75, 3.05) is 12.3 Å². The Labute approximate surface area is 131 Å². The number of hydrogen-bond donors (Lipinski definition) is 2. The van der Waals surface area contributed by atoms with Crippen LogP contribution in [-0.4, -0.2) is 33.7 Å². The number of primary amides is 1. The molecule has 1 amide bonds. The molecule has 6 heteroatoms. The first-order valence-corrected chi connectivity index (χ1v) is 8.28. The van der Waals surface area contributed by atoms with Crippen molar-refractivity contribution in [2.45, 2.75) is 58.2 Å². The quantitative estimate of drug-likeness (QED) is 0.568. The molecule has 3 N–H and O–H groups in total. The minimum absolute atomic E-state index is 0.311. The number of nitrogens with two attached hydrogens (primary N) is 1. The van der Waals surface area contributed by atoms with E-state index in [-0.39, 0.29) is 5.91 Å². The summed E-state index contributed by atoms with van der Waals surface area (Å²) in [5.41, 5.74) is 7.99. The molecule has 5 nitrogen and oxygen atoms in total. The molecule has 0 radical (unpaired) electrons. The minimum Gasteiger partial charge on any atom is -0.368 e. The second kappa shape index (κ2) is 7.75. The summed E-state index contributed by atoms with van der Waals surface area (Å²) in [6, 6.07) is 0. The van der Waals surface area contributed by atoms with Gasteiger partial charge in [-0.25, -0.2) is 9.97 Å². The van der Waals surface area contributed by atoms with Crippen LogP contribution in [0, 0.1) is 20.8 Å². The summed E-state index contributed by atoms with van der Waals surface area (Å²) in [6.45, 7) is 10.7. The van der Waals surface area contributed by atoms with Crippen LogP contribution in [0.25, 0.3) is 0 Å². The van der Waals surface area contributed by atoms with Gasteiger partial charge in [-0.3, -0.25) is 4.79 Å². The van der Waals surface area contributed by atoms with Crippen LogP contribution in [0.1, 0.15) is 43.6 Å². The Hall–Kier alpha value is -1.14. The molecule has 1 heterocycles. The molecule has 118 valence electrons. The van der Waals surface area contributed by atoms with Gasteiger partial charge in [0.1, 0.15) is 0 Å². The molecular weight excluding hydrogens is 284 g/mol. The monoisotopic (exact) mass is 310 g/mol. The molecule has 0 saturated carbocycles. The van der Waals surface area contributed by atoms with E-state index in [1.165, 1.54) is 0 Å². The van der Waals surface area contributed by atoms with Gasteiger partial charge in [0.25, 0.3) is 0 Å². The SMILES string of the molecule is CCCNC(C)(CCSc1nc(C)c(C)c(C)n1)C(N)=O. The Balaban J connectivity index is 2.64. The fraction of sp³-hybridized carbons (Fsp3) is 0.667. The molecule has 0 fully saturated rings. The lowest BCUT2D eigenvalue weighted by molar-refractivity contribution is -0.123. The second-order valence-corrected chi connectivity index (χ2v) is 6.59. The van der Waals surface area contributed by atoms with Crippen LogP contribution in [0.15, 0.2) is 5.16 Å². The van der Waals surface area contributed by atoms with E-state index >= 15 is 0 Å². The van der Waals surface area contributed by atoms with Crippen LogP contribution in [0.3, 0.4) is 0 Å². The number of amides is 1. The third kappa shape index (κ3) is 4.97. The average Bonchev–Trinajstić information content (AvgIpc) is 2.42. The third-order valence-corrected chi connectivity index (χ3v) is 4.60. The fourth-order valence-corrected chi connectivity index (χ4v) is 2.95. The lowest BCUT2D eigenvalue weighted by Crippen LogP contribution is -2.53. The molecule has 0 bridgehead atoms. The van der Waals surface area contributed by atoms with Crippen LogP contribution in [0.5, 0.6) is 0 Å². The molecule has 0 aromatic carbocycles. The number of carbonyl (C=O) groups excluding carboxylic acids is 1. The maximum Gasteiger partial charge on any atom is 0.237 e. The molecule has 1 aromatic heterocycles. The van der Waals surface area contributed by atoms with Gasteiger partial charge in [0.2, 0.25) is 5.91 Å². The topological polar surface area (TPSA) is 80.9 Å². The van der Waals surface area contributed by atoms with Crippen molar-refractivity contribution >= 4 is 17.7 Å². The Bertz CT molecular complexity index is 483. The van der Waals surface area contributed by atoms with Crippen molar-refractivity contribution in [3.63, 3.8) is 0 Å². The lowest BCUT2D eigenvalue weighted by Gasteiger charge is -2.27. The first kappa shape index (κ1) is 17.9. The number of nitrogens with one attached hydrogen (secondary N) is 1. The van der Waals surface area contributed by atoms with Crippen LogP contribution < -0.4 is 11.1 Å². The number of rotatable bonds is 8. The zero-order valence-electron chi connectivity index (χ0n) is 13.6. The normalized spacial score (nSPS) is 14.0. The summed E-state index contributed by atoms with van der Waals surface area (Å²) >= 11 is 1.57. The van der Waals surface area contributed by atoms with Crippen LogP contribution in [0.4, 0.5) is 0 Å². The lowest BCUT2D eigenvalue weighted by atomic mass is 9.98. The minimum atomic E-state index is -0.669. The Morgan fingerprint density at radius 1 is 1.29 bits per heavy atom. The second-order valence-electron chi connectivity index (χ2n) is 5.52. The number of hydrogen-bond acceptors (Lipinski definition) is 5. The zero-order valence-corrected chi connectivity index (χ0v) is 14.4. The molecule has 0 aliphatic carbocycles. The summed E-state index contributed by atoms with van der Waals surface area (Å²) in [5, 5.41) is 4.00. The standard InChI is InChI=1S/C15H26N4OS/c1-6-8-17-15(5,13(16)20)7-9-21-14-18-11(3)10(2)12(4)19-14/h17H,6-9H2,1-5H3,(H2,16,20). The molecule has 0 saturated heterocycles. The number of aryl methyl sites for hydroxylation is 2. The van der Waals surface area contributed by atoms with Crippen LogP contribution >= 0.6 is 11.8 Å². The van der Waals surface area contributed by atoms with Crippen molar-refractivity contribution in [1.29, 1.82) is 0 Å². The van der Waals surface area contributed by atoms with E-state index in [4.69, 9.17) is 5.73 Å². The molecule has 1 rings (SSSR count). The number of thioether (sulfide) groups is 1. The van der Waals surface area contributed by atoms with Crippen molar-refractivity contribution in [3.05, 3.63) is 17.0 Å². The van der Waals surface area contributed by atoms with Gasteiger partial charge < -0.3 is 11.1 Å². The smallest absolute Gasteiger partial charge is 0.237 e. The predicted octanol–water partition coefficient (Wildman–Crippen LogP) is 2.13. The summed E-state index contributed by atoms with van der Waals surface area (Å²) in [7, 11) is 0. The maximum atomic E-state index is 11.6. The van der Waals surface area contributed by atoms with E-state index in [1.807, 2.05) is 27.7 Å². The van der Waals surface area contributed by atoms with Crippen LogP contribution in [0.2, 0.25) is 0 Å². The molecule has 0 spiro atoms.